The van der Waals surface area contributed by atoms with E-state index in [-0.39, 0.29) is 12.0 Å². The molecule has 0 spiro atoms. The van der Waals surface area contributed by atoms with Crippen molar-refractivity contribution in [2.75, 3.05) is 38.5 Å². The van der Waals surface area contributed by atoms with Crippen LogP contribution in [-0.2, 0) is 4.74 Å². The smallest absolute Gasteiger partial charge is 0.409 e. The van der Waals surface area contributed by atoms with E-state index in [1.165, 1.54) is 6.20 Å². The summed E-state index contributed by atoms with van der Waals surface area (Å²) >= 11 is 0. The van der Waals surface area contributed by atoms with Gasteiger partial charge in [-0.2, -0.15) is 0 Å². The molecule has 7 nitrogen and oxygen atoms in total. The molecule has 2 N–H and O–H groups in total. The van der Waals surface area contributed by atoms with Gasteiger partial charge < -0.3 is 20.3 Å². The number of carbonyl (C=O) groups is 2. The molecule has 0 saturated carbocycles. The van der Waals surface area contributed by atoms with Crippen molar-refractivity contribution >= 4 is 17.8 Å². The summed E-state index contributed by atoms with van der Waals surface area (Å²) in [5, 5.41) is 0. The van der Waals surface area contributed by atoms with Gasteiger partial charge in [0.2, 0.25) is 0 Å². The zero-order valence-electron chi connectivity index (χ0n) is 11.4. The number of piperazine rings is 1. The normalized spacial score (nSPS) is 15.1. The Balaban J connectivity index is 1.93. The Hall–Kier alpha value is -2.31. The maximum absolute atomic E-state index is 12.3. The number of amides is 2. The van der Waals surface area contributed by atoms with Crippen LogP contribution in [-0.4, -0.2) is 59.6 Å². The second-order valence-corrected chi connectivity index (χ2v) is 4.45. The Morgan fingerprint density at radius 1 is 1.30 bits per heavy atom. The molecule has 108 valence electrons. The Morgan fingerprint density at radius 3 is 2.55 bits per heavy atom. The van der Waals surface area contributed by atoms with Crippen LogP contribution in [0, 0.1) is 0 Å². The molecule has 2 heterocycles. The fourth-order valence-corrected chi connectivity index (χ4v) is 2.07. The Labute approximate surface area is 117 Å². The van der Waals surface area contributed by atoms with Gasteiger partial charge in [-0.15, -0.1) is 0 Å². The summed E-state index contributed by atoms with van der Waals surface area (Å²) in [5.74, 6) is 0.226. The van der Waals surface area contributed by atoms with Crippen LogP contribution in [0.5, 0.6) is 0 Å². The van der Waals surface area contributed by atoms with Gasteiger partial charge in [-0.1, -0.05) is 0 Å². The lowest BCUT2D eigenvalue weighted by molar-refractivity contribution is 0.0570. The van der Waals surface area contributed by atoms with Crippen molar-refractivity contribution in [2.45, 2.75) is 6.92 Å². The molecule has 1 aromatic rings. The van der Waals surface area contributed by atoms with E-state index in [9.17, 15) is 9.59 Å². The minimum absolute atomic E-state index is 0.0948. The molecule has 0 aromatic carbocycles. The third-order valence-electron chi connectivity index (χ3n) is 3.12. The molecular weight excluding hydrogens is 260 g/mol. The summed E-state index contributed by atoms with van der Waals surface area (Å²) in [6.07, 6.45) is 1.19. The summed E-state index contributed by atoms with van der Waals surface area (Å²) in [4.78, 5) is 31.0. The average Bonchev–Trinajstić information content (AvgIpc) is 2.47. The highest BCUT2D eigenvalue weighted by Gasteiger charge is 2.25. The van der Waals surface area contributed by atoms with E-state index in [1.807, 2.05) is 0 Å². The number of pyridine rings is 1. The highest BCUT2D eigenvalue weighted by atomic mass is 16.6. The summed E-state index contributed by atoms with van der Waals surface area (Å²) in [6, 6.07) is 3.19. The highest BCUT2D eigenvalue weighted by molar-refractivity contribution is 5.94. The van der Waals surface area contributed by atoms with E-state index in [0.29, 0.717) is 44.2 Å². The monoisotopic (exact) mass is 278 g/mol. The van der Waals surface area contributed by atoms with Crippen LogP contribution in [0.25, 0.3) is 0 Å². The van der Waals surface area contributed by atoms with Gasteiger partial charge in [0, 0.05) is 37.9 Å². The van der Waals surface area contributed by atoms with Gasteiger partial charge in [0.1, 0.15) is 5.82 Å². The standard InChI is InChI=1S/C13H18N4O3/c1-2-20-13(19)17-7-5-16(6-8-17)12(18)10-3-4-15-11(14)9-10/h3-4,9H,2,5-8H2,1H3,(H2,14,15). The number of rotatable bonds is 2. The predicted molar refractivity (Wildman–Crippen MR) is 73.1 cm³/mol. The van der Waals surface area contributed by atoms with Crippen LogP contribution in [0.15, 0.2) is 18.3 Å². The van der Waals surface area contributed by atoms with Crippen molar-refractivity contribution in [1.82, 2.24) is 14.8 Å². The predicted octanol–water partition coefficient (Wildman–Crippen LogP) is 0.578. The van der Waals surface area contributed by atoms with Crippen LogP contribution in [0.3, 0.4) is 0 Å². The second kappa shape index (κ2) is 6.23. The Kier molecular flexibility index (Phi) is 4.39. The molecule has 1 fully saturated rings. The van der Waals surface area contributed by atoms with E-state index in [4.69, 9.17) is 10.5 Å². The van der Waals surface area contributed by atoms with E-state index >= 15 is 0 Å². The van der Waals surface area contributed by atoms with E-state index in [2.05, 4.69) is 4.98 Å². The quantitative estimate of drug-likeness (QED) is 0.854. The van der Waals surface area contributed by atoms with Crippen molar-refractivity contribution in [2.24, 2.45) is 0 Å². The summed E-state index contributed by atoms with van der Waals surface area (Å²) in [7, 11) is 0. The maximum atomic E-state index is 12.3. The number of ether oxygens (including phenoxy) is 1. The van der Waals surface area contributed by atoms with Crippen LogP contribution in [0.1, 0.15) is 17.3 Å². The number of hydrogen-bond donors (Lipinski definition) is 1. The number of nitrogen functional groups attached to an aromatic ring is 1. The highest BCUT2D eigenvalue weighted by Crippen LogP contribution is 2.11. The summed E-state index contributed by atoms with van der Waals surface area (Å²) in [5.41, 5.74) is 6.09. The Bertz CT molecular complexity index is 498. The number of nitrogens with zero attached hydrogens (tertiary/aromatic N) is 3. The third kappa shape index (κ3) is 3.17. The van der Waals surface area contributed by atoms with Gasteiger partial charge in [0.15, 0.2) is 0 Å². The molecule has 1 aliphatic heterocycles. The SMILES string of the molecule is CCOC(=O)N1CCN(C(=O)c2ccnc(N)c2)CC1. The molecule has 0 bridgehead atoms. The molecular formula is C13H18N4O3. The minimum Gasteiger partial charge on any atom is -0.450 e. The van der Waals surface area contributed by atoms with Crippen molar-refractivity contribution in [1.29, 1.82) is 0 Å². The maximum Gasteiger partial charge on any atom is 0.409 e. The second-order valence-electron chi connectivity index (χ2n) is 4.45. The molecule has 0 aliphatic carbocycles. The van der Waals surface area contributed by atoms with Crippen LogP contribution in [0.2, 0.25) is 0 Å². The summed E-state index contributed by atoms with van der Waals surface area (Å²) < 4.78 is 4.94. The van der Waals surface area contributed by atoms with Gasteiger partial charge in [-0.25, -0.2) is 9.78 Å². The molecule has 1 saturated heterocycles. The molecule has 0 radical (unpaired) electrons. The largest absolute Gasteiger partial charge is 0.450 e. The average molecular weight is 278 g/mol. The fraction of sp³-hybridized carbons (Fsp3) is 0.462. The molecule has 7 heteroatoms. The number of aromatic nitrogens is 1. The Morgan fingerprint density at radius 2 is 1.95 bits per heavy atom. The lowest BCUT2D eigenvalue weighted by Gasteiger charge is -2.34. The topological polar surface area (TPSA) is 88.8 Å². The lowest BCUT2D eigenvalue weighted by Crippen LogP contribution is -2.50. The van der Waals surface area contributed by atoms with Gasteiger partial charge >= 0.3 is 6.09 Å². The number of nitrogens with two attached hydrogens (primary N) is 1. The molecule has 2 amide bonds. The van der Waals surface area contributed by atoms with Crippen LogP contribution >= 0.6 is 0 Å². The first-order chi connectivity index (χ1) is 9.61. The zero-order valence-corrected chi connectivity index (χ0v) is 11.4. The van der Waals surface area contributed by atoms with Crippen molar-refractivity contribution in [3.8, 4) is 0 Å². The summed E-state index contributed by atoms with van der Waals surface area (Å²) in [6.45, 7) is 4.05. The molecule has 1 aliphatic rings. The van der Waals surface area contributed by atoms with Gasteiger partial charge in [-0.3, -0.25) is 4.79 Å². The number of carbonyl (C=O) groups excluding carboxylic acids is 2. The molecule has 2 rings (SSSR count). The molecule has 0 unspecified atom stereocenters. The molecule has 0 atom stereocenters. The third-order valence-corrected chi connectivity index (χ3v) is 3.12. The van der Waals surface area contributed by atoms with Crippen molar-refractivity contribution < 1.29 is 14.3 Å². The first-order valence-electron chi connectivity index (χ1n) is 6.54. The number of hydrogen-bond acceptors (Lipinski definition) is 5. The van der Waals surface area contributed by atoms with Crippen molar-refractivity contribution in [3.63, 3.8) is 0 Å². The van der Waals surface area contributed by atoms with Gasteiger partial charge in [0.25, 0.3) is 5.91 Å². The van der Waals surface area contributed by atoms with E-state index in [1.54, 1.807) is 28.9 Å². The fourth-order valence-electron chi connectivity index (χ4n) is 2.07. The van der Waals surface area contributed by atoms with Crippen LogP contribution in [0.4, 0.5) is 10.6 Å². The zero-order chi connectivity index (χ0) is 14.5. The first-order valence-corrected chi connectivity index (χ1v) is 6.54. The minimum atomic E-state index is -0.326. The van der Waals surface area contributed by atoms with E-state index < -0.39 is 0 Å². The van der Waals surface area contributed by atoms with Crippen LogP contribution < -0.4 is 5.73 Å². The number of anilines is 1. The van der Waals surface area contributed by atoms with Gasteiger partial charge in [0.05, 0.1) is 6.61 Å². The van der Waals surface area contributed by atoms with E-state index in [0.717, 1.165) is 0 Å². The van der Waals surface area contributed by atoms with Crippen molar-refractivity contribution in [3.05, 3.63) is 23.9 Å². The molecule has 20 heavy (non-hydrogen) atoms. The molecule has 1 aromatic heterocycles. The lowest BCUT2D eigenvalue weighted by atomic mass is 10.2. The first kappa shape index (κ1) is 14.1. The van der Waals surface area contributed by atoms with Gasteiger partial charge in [-0.05, 0) is 19.1 Å².